The van der Waals surface area contributed by atoms with Crippen molar-refractivity contribution in [3.8, 4) is 0 Å². The van der Waals surface area contributed by atoms with E-state index in [9.17, 15) is 13.2 Å². The Balaban J connectivity index is 1.68. The molecule has 0 radical (unpaired) electrons. The summed E-state index contributed by atoms with van der Waals surface area (Å²) < 4.78 is 31.9. The quantitative estimate of drug-likeness (QED) is 0.782. The van der Waals surface area contributed by atoms with Crippen LogP contribution >= 0.6 is 0 Å². The maximum atomic E-state index is 12.6. The monoisotopic (exact) mass is 392 g/mol. The second kappa shape index (κ2) is 7.37. The number of carbonyl (C=O) groups is 1. The zero-order valence-corrected chi connectivity index (χ0v) is 17.2. The van der Waals surface area contributed by atoms with Crippen LogP contribution in [0.4, 0.5) is 5.69 Å². The van der Waals surface area contributed by atoms with Crippen LogP contribution in [0.1, 0.15) is 27.7 Å². The standard InChI is InChI=1S/C20H28N2O4S/c1-14(2)13-17-18(20(17,3)4)19(23)21-15-5-7-16(8-6-15)27(24,25)22-9-11-26-12-10-22/h5-8,13,17-18H,9-12H2,1-4H3,(H,21,23)/t17-,18+/m0/s1. The second-order valence-corrected chi connectivity index (χ2v) is 10.0. The summed E-state index contributed by atoms with van der Waals surface area (Å²) in [5.41, 5.74) is 1.77. The van der Waals surface area contributed by atoms with Crippen LogP contribution in [-0.4, -0.2) is 44.9 Å². The van der Waals surface area contributed by atoms with Gasteiger partial charge in [0.25, 0.3) is 0 Å². The number of morpholine rings is 1. The van der Waals surface area contributed by atoms with E-state index in [4.69, 9.17) is 4.74 Å². The van der Waals surface area contributed by atoms with Gasteiger partial charge in [-0.1, -0.05) is 25.5 Å². The molecule has 7 heteroatoms. The lowest BCUT2D eigenvalue weighted by Crippen LogP contribution is -2.40. The first-order valence-electron chi connectivity index (χ1n) is 9.28. The molecule has 27 heavy (non-hydrogen) atoms. The molecule has 6 nitrogen and oxygen atoms in total. The molecule has 1 N–H and O–H groups in total. The molecule has 1 aliphatic heterocycles. The van der Waals surface area contributed by atoms with E-state index in [1.807, 2.05) is 13.8 Å². The minimum absolute atomic E-state index is 0.0220. The highest BCUT2D eigenvalue weighted by Crippen LogP contribution is 2.59. The van der Waals surface area contributed by atoms with Crippen molar-refractivity contribution in [1.82, 2.24) is 4.31 Å². The highest BCUT2D eigenvalue weighted by atomic mass is 32.2. The van der Waals surface area contributed by atoms with Gasteiger partial charge in [-0.25, -0.2) is 8.42 Å². The van der Waals surface area contributed by atoms with Crippen molar-refractivity contribution < 1.29 is 17.9 Å². The van der Waals surface area contributed by atoms with Gasteiger partial charge in [0.2, 0.25) is 15.9 Å². The molecule has 1 aliphatic carbocycles. The van der Waals surface area contributed by atoms with Gasteiger partial charge in [-0.15, -0.1) is 0 Å². The number of benzene rings is 1. The lowest BCUT2D eigenvalue weighted by molar-refractivity contribution is -0.118. The minimum Gasteiger partial charge on any atom is -0.379 e. The minimum atomic E-state index is -3.52. The predicted octanol–water partition coefficient (Wildman–Crippen LogP) is 2.88. The number of allylic oxidation sites excluding steroid dienone is 2. The van der Waals surface area contributed by atoms with Gasteiger partial charge >= 0.3 is 0 Å². The number of ether oxygens (including phenoxy) is 1. The summed E-state index contributed by atoms with van der Waals surface area (Å²) in [5.74, 6) is 0.152. The van der Waals surface area contributed by atoms with Gasteiger partial charge < -0.3 is 10.1 Å². The highest BCUT2D eigenvalue weighted by Gasteiger charge is 2.60. The molecule has 3 rings (SSSR count). The first-order chi connectivity index (χ1) is 12.6. The molecule has 0 bridgehead atoms. The van der Waals surface area contributed by atoms with Gasteiger partial charge in [-0.2, -0.15) is 4.31 Å². The van der Waals surface area contributed by atoms with Gasteiger partial charge in [-0.3, -0.25) is 4.79 Å². The number of amides is 1. The number of nitrogens with one attached hydrogen (secondary N) is 1. The molecule has 2 fully saturated rings. The molecule has 2 aliphatic rings. The van der Waals surface area contributed by atoms with Gasteiger partial charge in [0.05, 0.1) is 24.0 Å². The first-order valence-corrected chi connectivity index (χ1v) is 10.7. The summed E-state index contributed by atoms with van der Waals surface area (Å²) in [6, 6.07) is 6.39. The third-order valence-electron chi connectivity index (χ3n) is 5.44. The van der Waals surface area contributed by atoms with Crippen LogP contribution in [0.15, 0.2) is 40.8 Å². The molecule has 1 aromatic rings. The first kappa shape index (κ1) is 20.0. The van der Waals surface area contributed by atoms with E-state index in [-0.39, 0.29) is 28.1 Å². The molecule has 1 saturated heterocycles. The highest BCUT2D eigenvalue weighted by molar-refractivity contribution is 7.89. The Kier molecular flexibility index (Phi) is 5.47. The van der Waals surface area contributed by atoms with Gasteiger partial charge in [0.1, 0.15) is 0 Å². The molecule has 0 unspecified atom stereocenters. The zero-order valence-electron chi connectivity index (χ0n) is 16.4. The Labute approximate surface area is 161 Å². The average molecular weight is 393 g/mol. The molecule has 1 heterocycles. The van der Waals surface area contributed by atoms with E-state index in [2.05, 4.69) is 25.2 Å². The fourth-order valence-electron chi connectivity index (χ4n) is 3.71. The summed E-state index contributed by atoms with van der Waals surface area (Å²) >= 11 is 0. The Morgan fingerprint density at radius 1 is 1.19 bits per heavy atom. The second-order valence-electron chi connectivity index (χ2n) is 8.10. The number of carbonyl (C=O) groups excluding carboxylic acids is 1. The van der Waals surface area contributed by atoms with Crippen LogP contribution < -0.4 is 5.32 Å². The predicted molar refractivity (Wildman–Crippen MR) is 105 cm³/mol. The lowest BCUT2D eigenvalue weighted by atomic mass is 10.1. The van der Waals surface area contributed by atoms with Crippen molar-refractivity contribution in [2.24, 2.45) is 17.3 Å². The maximum Gasteiger partial charge on any atom is 0.243 e. The molecule has 1 saturated carbocycles. The molecular formula is C20H28N2O4S. The molecule has 1 aromatic carbocycles. The van der Waals surface area contributed by atoms with E-state index in [1.165, 1.54) is 9.88 Å². The van der Waals surface area contributed by atoms with Crippen molar-refractivity contribution in [1.29, 1.82) is 0 Å². The number of hydrogen-bond acceptors (Lipinski definition) is 4. The molecule has 0 spiro atoms. The Morgan fingerprint density at radius 3 is 2.33 bits per heavy atom. The Morgan fingerprint density at radius 2 is 1.78 bits per heavy atom. The topological polar surface area (TPSA) is 75.7 Å². The van der Waals surface area contributed by atoms with Crippen LogP contribution in [0.2, 0.25) is 0 Å². The smallest absolute Gasteiger partial charge is 0.243 e. The van der Waals surface area contributed by atoms with Crippen LogP contribution in [0.5, 0.6) is 0 Å². The molecule has 0 aromatic heterocycles. The van der Waals surface area contributed by atoms with E-state index in [1.54, 1.807) is 24.3 Å². The summed E-state index contributed by atoms with van der Waals surface area (Å²) in [6.45, 7) is 9.83. The van der Waals surface area contributed by atoms with Crippen molar-refractivity contribution in [3.05, 3.63) is 35.9 Å². The van der Waals surface area contributed by atoms with Crippen LogP contribution in [0.3, 0.4) is 0 Å². The SMILES string of the molecule is CC(C)=C[C@H]1[C@H](C(=O)Nc2ccc(S(=O)(=O)N3CCOCC3)cc2)C1(C)C. The summed E-state index contributed by atoms with van der Waals surface area (Å²) in [7, 11) is -3.52. The zero-order chi connectivity index (χ0) is 19.8. The van der Waals surface area contributed by atoms with Crippen LogP contribution in [0.25, 0.3) is 0 Å². The summed E-state index contributed by atoms with van der Waals surface area (Å²) in [5, 5.41) is 2.92. The van der Waals surface area contributed by atoms with E-state index in [0.717, 1.165) is 0 Å². The van der Waals surface area contributed by atoms with Crippen LogP contribution in [0, 0.1) is 17.3 Å². The number of sulfonamides is 1. The molecule has 1 amide bonds. The van der Waals surface area contributed by atoms with Crippen molar-refractivity contribution >= 4 is 21.6 Å². The van der Waals surface area contributed by atoms with Gasteiger partial charge in [0.15, 0.2) is 0 Å². The lowest BCUT2D eigenvalue weighted by Gasteiger charge is -2.26. The Hall–Kier alpha value is -1.70. The van der Waals surface area contributed by atoms with Crippen molar-refractivity contribution in [2.45, 2.75) is 32.6 Å². The Bertz CT molecular complexity index is 833. The van der Waals surface area contributed by atoms with E-state index >= 15 is 0 Å². The molecular weight excluding hydrogens is 364 g/mol. The fourth-order valence-corrected chi connectivity index (χ4v) is 5.12. The number of hydrogen-bond donors (Lipinski definition) is 1. The van der Waals surface area contributed by atoms with Gasteiger partial charge in [-0.05, 0) is 49.4 Å². The number of anilines is 1. The van der Waals surface area contributed by atoms with Crippen LogP contribution in [-0.2, 0) is 19.6 Å². The normalized spacial score (nSPS) is 24.9. The molecule has 2 atom stereocenters. The third-order valence-corrected chi connectivity index (χ3v) is 7.35. The van der Waals surface area contributed by atoms with Crippen molar-refractivity contribution in [2.75, 3.05) is 31.6 Å². The summed E-state index contributed by atoms with van der Waals surface area (Å²) in [4.78, 5) is 12.9. The summed E-state index contributed by atoms with van der Waals surface area (Å²) in [6.07, 6.45) is 2.16. The van der Waals surface area contributed by atoms with Gasteiger partial charge in [0, 0.05) is 18.8 Å². The molecule has 148 valence electrons. The van der Waals surface area contributed by atoms with E-state index in [0.29, 0.717) is 32.0 Å². The van der Waals surface area contributed by atoms with Crippen molar-refractivity contribution in [3.63, 3.8) is 0 Å². The number of rotatable bonds is 5. The third kappa shape index (κ3) is 4.10. The largest absolute Gasteiger partial charge is 0.379 e. The maximum absolute atomic E-state index is 12.6. The number of nitrogens with zero attached hydrogens (tertiary/aromatic N) is 1. The van der Waals surface area contributed by atoms with E-state index < -0.39 is 10.0 Å². The average Bonchev–Trinajstić information content (AvgIpc) is 3.15. The fraction of sp³-hybridized carbons (Fsp3) is 0.550.